The van der Waals surface area contributed by atoms with Crippen LogP contribution in [0.3, 0.4) is 0 Å². The quantitative estimate of drug-likeness (QED) is 0.274. The zero-order valence-corrected chi connectivity index (χ0v) is 12.5. The van der Waals surface area contributed by atoms with Crippen LogP contribution >= 0.6 is 18.8 Å². The van der Waals surface area contributed by atoms with Crippen LogP contribution in [0.4, 0.5) is 0 Å². The summed E-state index contributed by atoms with van der Waals surface area (Å²) in [4.78, 5) is 11.7. The molecule has 0 aliphatic heterocycles. The fourth-order valence-electron chi connectivity index (χ4n) is 0.644. The molecular formula is C7H11Cl2N3O5Pt-4. The largest absolute Gasteiger partial charge is 0.693 e. The van der Waals surface area contributed by atoms with Crippen molar-refractivity contribution in [2.75, 3.05) is 0 Å². The van der Waals surface area contributed by atoms with Crippen LogP contribution in [0.15, 0.2) is 29.6 Å². The first-order valence-electron chi connectivity index (χ1n) is 3.36. The Morgan fingerprint density at radius 1 is 1.33 bits per heavy atom. The summed E-state index contributed by atoms with van der Waals surface area (Å²) in [5.74, 6) is 0.0801. The first kappa shape index (κ1) is 26.1. The first-order chi connectivity index (χ1) is 7.67. The van der Waals surface area contributed by atoms with Crippen molar-refractivity contribution in [2.24, 2.45) is 5.34 Å². The summed E-state index contributed by atoms with van der Waals surface area (Å²) >= 11 is -0.472. The van der Waals surface area contributed by atoms with Gasteiger partial charge in [0, 0.05) is 5.75 Å². The molecule has 8 nitrogen and oxygen atoms in total. The Kier molecular flexibility index (Phi) is 31.4. The third-order valence-electron chi connectivity index (χ3n) is 1.12. The van der Waals surface area contributed by atoms with Crippen LogP contribution in [-0.2, 0) is 21.4 Å². The molecule has 112 valence electrons. The number of halogens is 2. The zero-order valence-electron chi connectivity index (χ0n) is 8.68. The van der Waals surface area contributed by atoms with E-state index in [4.69, 9.17) is 39.3 Å². The van der Waals surface area contributed by atoms with E-state index in [0.717, 1.165) is 11.9 Å². The summed E-state index contributed by atoms with van der Waals surface area (Å²) in [5, 5.41) is 26.0. The number of benzene rings is 1. The van der Waals surface area contributed by atoms with Crippen molar-refractivity contribution < 1.29 is 31.7 Å². The van der Waals surface area contributed by atoms with Crippen molar-refractivity contribution in [3.05, 3.63) is 58.9 Å². The van der Waals surface area contributed by atoms with Crippen LogP contribution in [-0.4, -0.2) is 10.4 Å². The van der Waals surface area contributed by atoms with Crippen molar-refractivity contribution in [2.45, 2.75) is 0 Å². The van der Waals surface area contributed by atoms with E-state index < -0.39 is 16.5 Å². The molecule has 1 aromatic rings. The van der Waals surface area contributed by atoms with Gasteiger partial charge in [0.2, 0.25) is 0 Å². The molecule has 0 amide bonds. The maximum atomic E-state index is 9.02. The number of hydrogen-bond acceptors (Lipinski definition) is 6. The second-order valence-corrected chi connectivity index (χ2v) is 5.18. The monoisotopic (exact) mass is 482 g/mol. The molecule has 0 saturated heterocycles. The predicted molar refractivity (Wildman–Crippen MR) is 66.7 cm³/mol. The third kappa shape index (κ3) is 17.8. The topological polar surface area (TPSA) is 169 Å². The number of nitrogens with zero attached hydrogens (tertiary/aromatic N) is 1. The number of hydrogen-bond donors (Lipinski definition) is 2. The van der Waals surface area contributed by atoms with E-state index in [-0.39, 0.29) is 18.1 Å². The SMILES string of the molecule is O=N[O-].OO[CH-]c1ccccc1O.[Cl][Pt][Cl].[NH2-].[NH2-]. The number of phenolic OH excluding ortho intramolecular Hbond substituents is 1. The molecule has 0 aliphatic carbocycles. The van der Waals surface area contributed by atoms with Gasteiger partial charge in [0.25, 0.3) is 0 Å². The van der Waals surface area contributed by atoms with Gasteiger partial charge in [-0.15, -0.1) is 17.0 Å². The Labute approximate surface area is 120 Å². The van der Waals surface area contributed by atoms with Gasteiger partial charge in [0.15, 0.2) is 0 Å². The molecule has 0 spiro atoms. The van der Waals surface area contributed by atoms with Gasteiger partial charge in [-0.05, 0) is 6.61 Å². The predicted octanol–water partition coefficient (Wildman–Crippen LogP) is 4.45. The fourth-order valence-corrected chi connectivity index (χ4v) is 0.644. The molecule has 11 heteroatoms. The summed E-state index contributed by atoms with van der Waals surface area (Å²) < 4.78 is 0. The number of para-hydroxylation sites is 1. The van der Waals surface area contributed by atoms with Gasteiger partial charge in [-0.1, -0.05) is 12.1 Å². The number of phenols is 1. The molecule has 0 saturated carbocycles. The molecule has 18 heavy (non-hydrogen) atoms. The number of aromatic hydroxyl groups is 1. The van der Waals surface area contributed by atoms with Gasteiger partial charge in [-0.2, -0.15) is 6.07 Å². The summed E-state index contributed by atoms with van der Waals surface area (Å²) in [5.41, 5.74) is 0.449. The maximum absolute atomic E-state index is 9.02. The number of rotatable bonds is 2. The van der Waals surface area contributed by atoms with E-state index >= 15 is 0 Å². The molecule has 1 aromatic carbocycles. The molecule has 0 unspecified atom stereocenters. The molecule has 0 aromatic heterocycles. The van der Waals surface area contributed by atoms with Crippen LogP contribution in [0, 0.1) is 16.7 Å². The normalized spacial score (nSPS) is 7.06. The molecule has 6 N–H and O–H groups in total. The van der Waals surface area contributed by atoms with Crippen LogP contribution in [0.5, 0.6) is 5.75 Å². The van der Waals surface area contributed by atoms with Crippen LogP contribution in [0.1, 0.15) is 5.56 Å². The van der Waals surface area contributed by atoms with Crippen LogP contribution in [0.2, 0.25) is 0 Å². The van der Waals surface area contributed by atoms with Gasteiger partial charge in [-0.25, -0.2) is 0 Å². The Morgan fingerprint density at radius 2 is 1.72 bits per heavy atom. The second-order valence-electron chi connectivity index (χ2n) is 1.90. The van der Waals surface area contributed by atoms with Crippen molar-refractivity contribution in [3.8, 4) is 5.75 Å². The average Bonchev–Trinajstić information content (AvgIpc) is 2.24. The van der Waals surface area contributed by atoms with Crippen LogP contribution in [0.25, 0.3) is 12.3 Å². The van der Waals surface area contributed by atoms with Gasteiger partial charge >= 0.3 is 35.3 Å². The van der Waals surface area contributed by atoms with Crippen molar-refractivity contribution in [1.29, 1.82) is 0 Å². The summed E-state index contributed by atoms with van der Waals surface area (Å²) in [6.07, 6.45) is 0. The molecule has 0 heterocycles. The summed E-state index contributed by atoms with van der Waals surface area (Å²) in [6.45, 7) is 1.05. The van der Waals surface area contributed by atoms with E-state index in [1.54, 1.807) is 18.2 Å². The van der Waals surface area contributed by atoms with Crippen molar-refractivity contribution >= 4 is 18.8 Å². The third-order valence-corrected chi connectivity index (χ3v) is 1.12. The second kappa shape index (κ2) is 21.7. The Bertz CT molecular complexity index is 285. The Hall–Kier alpha value is -0.602. The van der Waals surface area contributed by atoms with E-state index in [2.05, 4.69) is 4.89 Å². The van der Waals surface area contributed by atoms with Gasteiger partial charge in [0.05, 0.1) is 0 Å². The van der Waals surface area contributed by atoms with Crippen LogP contribution < -0.4 is 0 Å². The summed E-state index contributed by atoms with van der Waals surface area (Å²) in [6, 6.07) is 6.53. The molecule has 0 radical (unpaired) electrons. The summed E-state index contributed by atoms with van der Waals surface area (Å²) in [7, 11) is 9.75. The minimum atomic E-state index is -0.472. The molecule has 0 bridgehead atoms. The average molecular weight is 483 g/mol. The Balaban J connectivity index is -0.000000106. The minimum Gasteiger partial charge on any atom is -0.693 e. The van der Waals surface area contributed by atoms with Gasteiger partial charge < -0.3 is 27.5 Å². The van der Waals surface area contributed by atoms with Gasteiger partial charge in [0.1, 0.15) is 0 Å². The minimum absolute atomic E-state index is 0. The first-order valence-corrected chi connectivity index (χ1v) is 8.99. The van der Waals surface area contributed by atoms with E-state index in [0.29, 0.717) is 5.56 Å². The Morgan fingerprint density at radius 3 is 2.06 bits per heavy atom. The molecule has 0 fully saturated rings. The molecule has 1 rings (SSSR count). The van der Waals surface area contributed by atoms with Crippen molar-refractivity contribution in [1.82, 2.24) is 0 Å². The molecular weight excluding hydrogens is 472 g/mol. The van der Waals surface area contributed by atoms with E-state index in [9.17, 15) is 0 Å². The zero-order chi connectivity index (χ0) is 12.8. The standard InChI is InChI=1S/C7H7O3.2ClH.HNO2.2H2N.Pt/c8-7-4-2-1-3-6(7)5-10-9;;;2-1-3;;;/h1-5,8-9H;2*1H;(H,2,3);2*1H2;/q-1;;;;2*-1;+2/p-3. The smallest absolute Gasteiger partial charge is 0.693 e. The van der Waals surface area contributed by atoms with Crippen molar-refractivity contribution in [3.63, 3.8) is 0 Å². The molecule has 0 aliphatic rings. The molecule has 0 atom stereocenters. The maximum Gasteiger partial charge on any atom is -0.693 e. The fraction of sp³-hybridized carbons (Fsp3) is 0. The number of nitrogens with two attached hydrogens (primary N) is 2. The van der Waals surface area contributed by atoms with Gasteiger partial charge in [-0.3, -0.25) is 10.1 Å². The van der Waals surface area contributed by atoms with E-state index in [1.165, 1.54) is 6.07 Å². The van der Waals surface area contributed by atoms with E-state index in [1.807, 2.05) is 0 Å².